The van der Waals surface area contributed by atoms with E-state index in [4.69, 9.17) is 5.73 Å². The average molecular weight is 203 g/mol. The number of hydrogen-bond acceptors (Lipinski definition) is 3. The fraction of sp³-hybridized carbons (Fsp3) is 0.100. The summed E-state index contributed by atoms with van der Waals surface area (Å²) in [5.74, 6) is -0.848. The minimum atomic E-state index is -0.739. The summed E-state index contributed by atoms with van der Waals surface area (Å²) in [6, 6.07) is 5.23. The lowest BCUT2D eigenvalue weighted by Crippen LogP contribution is -2.21. The molecule has 5 nitrogen and oxygen atoms in total. The van der Waals surface area contributed by atoms with Gasteiger partial charge in [-0.25, -0.2) is 4.98 Å². The number of carbonyl (C=O) groups is 1. The Morgan fingerprint density at radius 2 is 2.20 bits per heavy atom. The SMILES string of the molecule is Cc1cccc2c(=O)[nH]c(C(N)=O)nc12. The second kappa shape index (κ2) is 3.20. The minimum Gasteiger partial charge on any atom is -0.363 e. The molecule has 0 radical (unpaired) electrons. The first-order valence-electron chi connectivity index (χ1n) is 4.39. The third-order valence-electron chi connectivity index (χ3n) is 2.17. The maximum Gasteiger partial charge on any atom is 0.284 e. The van der Waals surface area contributed by atoms with Crippen LogP contribution in [-0.2, 0) is 0 Å². The van der Waals surface area contributed by atoms with Gasteiger partial charge in [-0.1, -0.05) is 12.1 Å². The van der Waals surface area contributed by atoms with Crippen LogP contribution < -0.4 is 11.3 Å². The number of nitrogens with two attached hydrogens (primary N) is 1. The van der Waals surface area contributed by atoms with Crippen molar-refractivity contribution in [3.8, 4) is 0 Å². The standard InChI is InChI=1S/C10H9N3O2/c1-5-3-2-4-6-7(5)12-9(8(11)14)13-10(6)15/h2-4H,1H3,(H2,11,14)(H,12,13,15). The van der Waals surface area contributed by atoms with Crippen LogP contribution in [0, 0.1) is 6.92 Å². The number of aromatic nitrogens is 2. The monoisotopic (exact) mass is 203 g/mol. The quantitative estimate of drug-likeness (QED) is 0.699. The third kappa shape index (κ3) is 1.48. The van der Waals surface area contributed by atoms with E-state index in [9.17, 15) is 9.59 Å². The van der Waals surface area contributed by atoms with Crippen LogP contribution in [0.2, 0.25) is 0 Å². The summed E-state index contributed by atoms with van der Waals surface area (Å²) >= 11 is 0. The van der Waals surface area contributed by atoms with Crippen LogP contribution in [0.1, 0.15) is 16.2 Å². The molecule has 1 heterocycles. The second-order valence-corrected chi connectivity index (χ2v) is 3.25. The number of aromatic amines is 1. The number of primary amides is 1. The van der Waals surface area contributed by atoms with Gasteiger partial charge >= 0.3 is 0 Å². The Morgan fingerprint density at radius 3 is 2.87 bits per heavy atom. The van der Waals surface area contributed by atoms with E-state index < -0.39 is 5.91 Å². The molecule has 1 aromatic heterocycles. The number of aryl methyl sites for hydroxylation is 1. The maximum atomic E-state index is 11.6. The van der Waals surface area contributed by atoms with E-state index in [1.165, 1.54) is 0 Å². The summed E-state index contributed by atoms with van der Waals surface area (Å²) in [4.78, 5) is 28.8. The Balaban J connectivity index is 2.92. The van der Waals surface area contributed by atoms with Crippen LogP contribution >= 0.6 is 0 Å². The molecule has 0 fully saturated rings. The average Bonchev–Trinajstić information content (AvgIpc) is 2.19. The van der Waals surface area contributed by atoms with E-state index in [2.05, 4.69) is 9.97 Å². The topological polar surface area (TPSA) is 88.8 Å². The van der Waals surface area contributed by atoms with Crippen LogP contribution in [0.5, 0.6) is 0 Å². The molecule has 0 aliphatic carbocycles. The molecule has 2 aromatic rings. The highest BCUT2D eigenvalue weighted by atomic mass is 16.1. The first-order chi connectivity index (χ1) is 7.09. The molecule has 0 unspecified atom stereocenters. The Kier molecular flexibility index (Phi) is 2.00. The van der Waals surface area contributed by atoms with E-state index in [0.717, 1.165) is 5.56 Å². The van der Waals surface area contributed by atoms with Crippen LogP contribution in [0.25, 0.3) is 10.9 Å². The lowest BCUT2D eigenvalue weighted by molar-refractivity contribution is 0.0990. The summed E-state index contributed by atoms with van der Waals surface area (Å²) in [5.41, 5.74) is 6.05. The maximum absolute atomic E-state index is 11.6. The summed E-state index contributed by atoms with van der Waals surface area (Å²) < 4.78 is 0. The molecular weight excluding hydrogens is 194 g/mol. The van der Waals surface area contributed by atoms with Gasteiger partial charge in [-0.05, 0) is 18.6 Å². The van der Waals surface area contributed by atoms with Crippen LogP contribution in [0.15, 0.2) is 23.0 Å². The number of hydrogen-bond donors (Lipinski definition) is 2. The van der Waals surface area contributed by atoms with Crippen molar-refractivity contribution < 1.29 is 4.79 Å². The van der Waals surface area contributed by atoms with Gasteiger partial charge < -0.3 is 10.7 Å². The van der Waals surface area contributed by atoms with Gasteiger partial charge in [0.05, 0.1) is 10.9 Å². The highest BCUT2D eigenvalue weighted by molar-refractivity contribution is 5.91. The molecule has 2 rings (SSSR count). The van der Waals surface area contributed by atoms with Gasteiger partial charge in [0.1, 0.15) is 0 Å². The van der Waals surface area contributed by atoms with Gasteiger partial charge in [-0.15, -0.1) is 0 Å². The van der Waals surface area contributed by atoms with E-state index >= 15 is 0 Å². The Labute approximate surface area is 84.9 Å². The smallest absolute Gasteiger partial charge is 0.284 e. The molecule has 0 saturated heterocycles. The number of rotatable bonds is 1. The van der Waals surface area contributed by atoms with Gasteiger partial charge in [-0.3, -0.25) is 9.59 Å². The Bertz CT molecular complexity index is 601. The number of nitrogens with one attached hydrogen (secondary N) is 1. The highest BCUT2D eigenvalue weighted by Gasteiger charge is 2.08. The van der Waals surface area contributed by atoms with Gasteiger partial charge in [0.2, 0.25) is 0 Å². The molecule has 0 saturated carbocycles. The lowest BCUT2D eigenvalue weighted by Gasteiger charge is -2.01. The van der Waals surface area contributed by atoms with Crippen LogP contribution in [-0.4, -0.2) is 15.9 Å². The number of para-hydroxylation sites is 1. The van der Waals surface area contributed by atoms with Gasteiger partial charge in [0, 0.05) is 0 Å². The molecular formula is C10H9N3O2. The van der Waals surface area contributed by atoms with E-state index in [1.54, 1.807) is 12.1 Å². The van der Waals surface area contributed by atoms with Crippen LogP contribution in [0.3, 0.4) is 0 Å². The van der Waals surface area contributed by atoms with Gasteiger partial charge in [-0.2, -0.15) is 0 Å². The molecule has 1 amide bonds. The van der Waals surface area contributed by atoms with Gasteiger partial charge in [0.15, 0.2) is 5.82 Å². The third-order valence-corrected chi connectivity index (χ3v) is 2.17. The molecule has 0 bridgehead atoms. The van der Waals surface area contributed by atoms with Crippen molar-refractivity contribution in [1.29, 1.82) is 0 Å². The summed E-state index contributed by atoms with van der Waals surface area (Å²) in [6.07, 6.45) is 0. The first-order valence-corrected chi connectivity index (χ1v) is 4.39. The zero-order valence-electron chi connectivity index (χ0n) is 8.07. The van der Waals surface area contributed by atoms with Gasteiger partial charge in [0.25, 0.3) is 11.5 Å². The Hall–Kier alpha value is -2.17. The molecule has 5 heteroatoms. The molecule has 3 N–H and O–H groups in total. The van der Waals surface area contributed by atoms with Crippen molar-refractivity contribution in [3.05, 3.63) is 39.9 Å². The van der Waals surface area contributed by atoms with Crippen molar-refractivity contribution in [1.82, 2.24) is 9.97 Å². The highest BCUT2D eigenvalue weighted by Crippen LogP contribution is 2.11. The fourth-order valence-electron chi connectivity index (χ4n) is 1.42. The molecule has 0 aliphatic rings. The number of H-pyrrole nitrogens is 1. The predicted molar refractivity (Wildman–Crippen MR) is 55.6 cm³/mol. The molecule has 1 aromatic carbocycles. The summed E-state index contributed by atoms with van der Waals surface area (Å²) in [5, 5.41) is 0.458. The number of amides is 1. The number of fused-ring (bicyclic) bond motifs is 1. The molecule has 15 heavy (non-hydrogen) atoms. The van der Waals surface area contributed by atoms with Crippen molar-refractivity contribution in [2.45, 2.75) is 6.92 Å². The molecule has 0 atom stereocenters. The number of benzene rings is 1. The zero-order chi connectivity index (χ0) is 11.0. The van der Waals surface area contributed by atoms with Crippen molar-refractivity contribution >= 4 is 16.8 Å². The first kappa shape index (κ1) is 9.39. The predicted octanol–water partition coefficient (Wildman–Crippen LogP) is 0.330. The summed E-state index contributed by atoms with van der Waals surface area (Å²) in [7, 11) is 0. The normalized spacial score (nSPS) is 10.5. The molecule has 76 valence electrons. The minimum absolute atomic E-state index is 0.109. The molecule has 0 aliphatic heterocycles. The molecule has 0 spiro atoms. The summed E-state index contributed by atoms with van der Waals surface area (Å²) in [6.45, 7) is 1.82. The van der Waals surface area contributed by atoms with E-state index in [0.29, 0.717) is 10.9 Å². The number of nitrogens with zero attached hydrogens (tertiary/aromatic N) is 1. The second-order valence-electron chi connectivity index (χ2n) is 3.25. The number of carbonyl (C=O) groups excluding carboxylic acids is 1. The van der Waals surface area contributed by atoms with E-state index in [1.807, 2.05) is 13.0 Å². The largest absolute Gasteiger partial charge is 0.363 e. The Morgan fingerprint density at radius 1 is 1.47 bits per heavy atom. The van der Waals surface area contributed by atoms with Crippen molar-refractivity contribution in [2.24, 2.45) is 5.73 Å². The van der Waals surface area contributed by atoms with Crippen LogP contribution in [0.4, 0.5) is 0 Å². The van der Waals surface area contributed by atoms with E-state index in [-0.39, 0.29) is 11.4 Å². The van der Waals surface area contributed by atoms with Crippen molar-refractivity contribution in [3.63, 3.8) is 0 Å². The lowest BCUT2D eigenvalue weighted by atomic mass is 10.1. The van der Waals surface area contributed by atoms with Crippen molar-refractivity contribution in [2.75, 3.05) is 0 Å². The zero-order valence-corrected chi connectivity index (χ0v) is 8.07. The fourth-order valence-corrected chi connectivity index (χ4v) is 1.42.